The van der Waals surface area contributed by atoms with E-state index in [1.807, 2.05) is 19.1 Å². The normalized spacial score (nSPS) is 10.7. The molecule has 0 aliphatic heterocycles. The third-order valence-corrected chi connectivity index (χ3v) is 3.89. The Morgan fingerprint density at radius 3 is 2.43 bits per heavy atom. The van der Waals surface area contributed by atoms with Crippen molar-refractivity contribution in [1.29, 1.82) is 0 Å². The molecule has 0 spiro atoms. The molecule has 112 valence electrons. The summed E-state index contributed by atoms with van der Waals surface area (Å²) >= 11 is 0. The molecule has 1 aromatic carbocycles. The Bertz CT molecular complexity index is 638. The number of benzene rings is 1. The molecule has 0 saturated carbocycles. The fourth-order valence-corrected chi connectivity index (χ4v) is 2.46. The van der Waals surface area contributed by atoms with Crippen LogP contribution in [0.4, 0.5) is 0 Å². The van der Waals surface area contributed by atoms with Gasteiger partial charge in [0.2, 0.25) is 5.88 Å². The van der Waals surface area contributed by atoms with E-state index in [-0.39, 0.29) is 0 Å². The molecule has 2 rings (SSSR count). The number of nitrogens with zero attached hydrogens (tertiary/aromatic N) is 2. The summed E-state index contributed by atoms with van der Waals surface area (Å²) in [6.45, 7) is 8.70. The van der Waals surface area contributed by atoms with Crippen LogP contribution in [0.15, 0.2) is 18.2 Å². The molecule has 0 fully saturated rings. The van der Waals surface area contributed by atoms with Crippen molar-refractivity contribution in [2.45, 2.75) is 47.1 Å². The molecule has 0 atom stereocenters. The quantitative estimate of drug-likeness (QED) is 0.913. The molecule has 0 aliphatic carbocycles. The zero-order valence-corrected chi connectivity index (χ0v) is 13.2. The number of hydrogen-bond acceptors (Lipinski definition) is 4. The highest BCUT2D eigenvalue weighted by Crippen LogP contribution is 2.29. The summed E-state index contributed by atoms with van der Waals surface area (Å²) in [6, 6.07) is 5.99. The third-order valence-electron chi connectivity index (χ3n) is 3.89. The lowest BCUT2D eigenvalue weighted by atomic mass is 10.0. The van der Waals surface area contributed by atoms with E-state index >= 15 is 0 Å². The van der Waals surface area contributed by atoms with Crippen molar-refractivity contribution in [3.8, 4) is 11.6 Å². The minimum atomic E-state index is 0.409. The second-order valence-corrected chi connectivity index (χ2v) is 5.12. The van der Waals surface area contributed by atoms with Gasteiger partial charge in [0.25, 0.3) is 0 Å². The first-order valence-corrected chi connectivity index (χ1v) is 7.43. The van der Waals surface area contributed by atoms with Crippen LogP contribution in [0.3, 0.4) is 0 Å². The van der Waals surface area contributed by atoms with Crippen molar-refractivity contribution < 1.29 is 4.74 Å². The zero-order valence-electron chi connectivity index (χ0n) is 13.2. The Hall–Kier alpha value is -1.94. The van der Waals surface area contributed by atoms with Gasteiger partial charge in [-0.15, -0.1) is 5.10 Å². The third kappa shape index (κ3) is 3.05. The van der Waals surface area contributed by atoms with Gasteiger partial charge < -0.3 is 10.5 Å². The number of ether oxygens (including phenoxy) is 1. The fourth-order valence-electron chi connectivity index (χ4n) is 2.46. The number of rotatable bonds is 5. The second-order valence-electron chi connectivity index (χ2n) is 5.12. The average Bonchev–Trinajstić information content (AvgIpc) is 2.51. The summed E-state index contributed by atoms with van der Waals surface area (Å²) in [5.41, 5.74) is 11.4. The molecule has 0 bridgehead atoms. The molecule has 1 aromatic heterocycles. The molecule has 4 nitrogen and oxygen atoms in total. The van der Waals surface area contributed by atoms with Gasteiger partial charge in [0.1, 0.15) is 5.75 Å². The second kappa shape index (κ2) is 6.68. The van der Waals surface area contributed by atoms with Gasteiger partial charge in [-0.3, -0.25) is 0 Å². The van der Waals surface area contributed by atoms with Gasteiger partial charge in [0, 0.05) is 12.1 Å². The molecule has 1 heterocycles. The SMILES string of the molecule is CCc1nnc(Oc2cccc(C)c2C)c(CN)c1CC. The average molecular weight is 285 g/mol. The van der Waals surface area contributed by atoms with Crippen LogP contribution in [0.25, 0.3) is 0 Å². The minimum absolute atomic E-state index is 0.409. The van der Waals surface area contributed by atoms with Crippen LogP contribution >= 0.6 is 0 Å². The van der Waals surface area contributed by atoms with E-state index in [0.29, 0.717) is 12.4 Å². The first-order valence-electron chi connectivity index (χ1n) is 7.43. The van der Waals surface area contributed by atoms with Crippen molar-refractivity contribution in [3.05, 3.63) is 46.1 Å². The molecule has 4 heteroatoms. The monoisotopic (exact) mass is 285 g/mol. The maximum atomic E-state index is 6.00. The van der Waals surface area contributed by atoms with E-state index < -0.39 is 0 Å². The Labute approximate surface area is 126 Å². The molecule has 0 radical (unpaired) electrons. The minimum Gasteiger partial charge on any atom is -0.437 e. The van der Waals surface area contributed by atoms with E-state index in [1.54, 1.807) is 0 Å². The van der Waals surface area contributed by atoms with Crippen LogP contribution in [0.2, 0.25) is 0 Å². The summed E-state index contributed by atoms with van der Waals surface area (Å²) in [7, 11) is 0. The lowest BCUT2D eigenvalue weighted by Gasteiger charge is -2.15. The number of hydrogen-bond donors (Lipinski definition) is 1. The van der Waals surface area contributed by atoms with Crippen LogP contribution in [0.1, 0.15) is 41.8 Å². The van der Waals surface area contributed by atoms with E-state index in [1.165, 1.54) is 5.56 Å². The molecule has 0 saturated heterocycles. The summed E-state index contributed by atoms with van der Waals surface area (Å²) in [4.78, 5) is 0. The number of nitrogens with two attached hydrogens (primary N) is 1. The largest absolute Gasteiger partial charge is 0.437 e. The van der Waals surface area contributed by atoms with Gasteiger partial charge in [-0.1, -0.05) is 26.0 Å². The van der Waals surface area contributed by atoms with Crippen LogP contribution in [-0.4, -0.2) is 10.2 Å². The molecule has 0 unspecified atom stereocenters. The lowest BCUT2D eigenvalue weighted by molar-refractivity contribution is 0.442. The Kier molecular flexibility index (Phi) is 4.91. The Morgan fingerprint density at radius 1 is 1.05 bits per heavy atom. The van der Waals surface area contributed by atoms with Gasteiger partial charge >= 0.3 is 0 Å². The predicted molar refractivity (Wildman–Crippen MR) is 84.7 cm³/mol. The molecule has 21 heavy (non-hydrogen) atoms. The summed E-state index contributed by atoms with van der Waals surface area (Å²) in [5.74, 6) is 1.34. The molecular formula is C17H23N3O. The first-order chi connectivity index (χ1) is 10.1. The highest BCUT2D eigenvalue weighted by atomic mass is 16.5. The first kappa shape index (κ1) is 15.4. The van der Waals surface area contributed by atoms with Gasteiger partial charge in [-0.2, -0.15) is 5.10 Å². The standard InChI is InChI=1S/C17H23N3O/c1-5-13-14(10-18)17(20-19-15(13)6-2)21-16-9-7-8-11(3)12(16)4/h7-9H,5-6,10,18H2,1-4H3. The fraction of sp³-hybridized carbons (Fsp3) is 0.412. The highest BCUT2D eigenvalue weighted by molar-refractivity contribution is 5.43. The topological polar surface area (TPSA) is 61.0 Å². The van der Waals surface area contributed by atoms with Crippen LogP contribution in [-0.2, 0) is 19.4 Å². The summed E-state index contributed by atoms with van der Waals surface area (Å²) in [5, 5.41) is 8.54. The molecule has 2 N–H and O–H groups in total. The Morgan fingerprint density at radius 2 is 1.81 bits per heavy atom. The van der Waals surface area contributed by atoms with Crippen molar-refractivity contribution in [2.75, 3.05) is 0 Å². The van der Waals surface area contributed by atoms with Gasteiger partial charge in [-0.05, 0) is 49.4 Å². The summed E-state index contributed by atoms with van der Waals surface area (Å²) in [6.07, 6.45) is 1.74. The van der Waals surface area contributed by atoms with Crippen LogP contribution < -0.4 is 10.5 Å². The van der Waals surface area contributed by atoms with E-state index in [2.05, 4.69) is 37.0 Å². The van der Waals surface area contributed by atoms with E-state index in [4.69, 9.17) is 10.5 Å². The molecule has 0 amide bonds. The van der Waals surface area contributed by atoms with Crippen molar-refractivity contribution in [1.82, 2.24) is 10.2 Å². The molecule has 0 aliphatic rings. The van der Waals surface area contributed by atoms with E-state index in [0.717, 1.165) is 41.0 Å². The van der Waals surface area contributed by atoms with Crippen LogP contribution in [0.5, 0.6) is 11.6 Å². The van der Waals surface area contributed by atoms with Gasteiger partial charge in [0.05, 0.1) is 5.69 Å². The lowest BCUT2D eigenvalue weighted by Crippen LogP contribution is -2.11. The van der Waals surface area contributed by atoms with Crippen molar-refractivity contribution in [2.24, 2.45) is 5.73 Å². The van der Waals surface area contributed by atoms with Gasteiger partial charge in [-0.25, -0.2) is 0 Å². The highest BCUT2D eigenvalue weighted by Gasteiger charge is 2.15. The molecule has 2 aromatic rings. The number of aromatic nitrogens is 2. The predicted octanol–water partition coefficient (Wildman–Crippen LogP) is 3.47. The smallest absolute Gasteiger partial charge is 0.243 e. The number of aryl methyl sites for hydroxylation is 2. The summed E-state index contributed by atoms with van der Waals surface area (Å²) < 4.78 is 6.00. The maximum absolute atomic E-state index is 6.00. The van der Waals surface area contributed by atoms with Crippen molar-refractivity contribution in [3.63, 3.8) is 0 Å². The van der Waals surface area contributed by atoms with Crippen LogP contribution in [0, 0.1) is 13.8 Å². The zero-order chi connectivity index (χ0) is 15.4. The van der Waals surface area contributed by atoms with Gasteiger partial charge in [0.15, 0.2) is 0 Å². The van der Waals surface area contributed by atoms with E-state index in [9.17, 15) is 0 Å². The van der Waals surface area contributed by atoms with Crippen molar-refractivity contribution >= 4 is 0 Å². The Balaban J connectivity index is 2.47. The molecular weight excluding hydrogens is 262 g/mol. The maximum Gasteiger partial charge on any atom is 0.243 e.